The number of ether oxygens (including phenoxy) is 1. The molecule has 1 aromatic heterocycles. The topological polar surface area (TPSA) is 42.7 Å². The SMILES string of the molecule is COc1ccc(CCN2C(=O)/C(=C\c3ccc(-c4cc(Cl)ccc4Cl)o3)SC2=S)cc1. The zero-order chi connectivity index (χ0) is 22.0. The maximum Gasteiger partial charge on any atom is 0.266 e. The molecule has 0 spiro atoms. The summed E-state index contributed by atoms with van der Waals surface area (Å²) < 4.78 is 11.6. The van der Waals surface area contributed by atoms with E-state index in [1.165, 1.54) is 11.8 Å². The van der Waals surface area contributed by atoms with Gasteiger partial charge in [0.05, 0.1) is 17.0 Å². The van der Waals surface area contributed by atoms with Crippen LogP contribution in [-0.2, 0) is 11.2 Å². The van der Waals surface area contributed by atoms with Gasteiger partial charge in [-0.15, -0.1) is 0 Å². The molecule has 1 aliphatic heterocycles. The van der Waals surface area contributed by atoms with E-state index in [1.54, 1.807) is 48.4 Å². The van der Waals surface area contributed by atoms with Crippen LogP contribution in [0.3, 0.4) is 0 Å². The summed E-state index contributed by atoms with van der Waals surface area (Å²) in [4.78, 5) is 15.0. The smallest absolute Gasteiger partial charge is 0.266 e. The van der Waals surface area contributed by atoms with E-state index >= 15 is 0 Å². The lowest BCUT2D eigenvalue weighted by molar-refractivity contribution is -0.122. The van der Waals surface area contributed by atoms with Crippen molar-refractivity contribution in [1.82, 2.24) is 4.90 Å². The van der Waals surface area contributed by atoms with Gasteiger partial charge in [-0.2, -0.15) is 0 Å². The first-order valence-electron chi connectivity index (χ1n) is 9.38. The number of halogens is 2. The van der Waals surface area contributed by atoms with Crippen molar-refractivity contribution >= 4 is 63.5 Å². The standard InChI is InChI=1S/C23H17Cl2NO3S2/c1-28-16-5-2-14(3-6-16)10-11-26-22(27)21(31-23(26)30)13-17-7-9-20(29-17)18-12-15(24)4-8-19(18)25/h2-9,12-13H,10-11H2,1H3/b21-13+. The molecule has 0 aliphatic carbocycles. The highest BCUT2D eigenvalue weighted by Crippen LogP contribution is 2.35. The van der Waals surface area contributed by atoms with Gasteiger partial charge in [-0.1, -0.05) is 59.3 Å². The molecule has 1 amide bonds. The Bertz CT molecular complexity index is 1170. The summed E-state index contributed by atoms with van der Waals surface area (Å²) in [6.45, 7) is 0.510. The fourth-order valence-electron chi connectivity index (χ4n) is 3.12. The first kappa shape index (κ1) is 22.0. The van der Waals surface area contributed by atoms with E-state index in [-0.39, 0.29) is 5.91 Å². The zero-order valence-electron chi connectivity index (χ0n) is 16.4. The maximum absolute atomic E-state index is 12.9. The Kier molecular flexibility index (Phi) is 6.72. The van der Waals surface area contributed by atoms with E-state index < -0.39 is 0 Å². The predicted octanol–water partition coefficient (Wildman–Crippen LogP) is 6.71. The van der Waals surface area contributed by atoms with E-state index in [0.29, 0.717) is 49.3 Å². The number of benzene rings is 2. The number of furan rings is 1. The van der Waals surface area contributed by atoms with Gasteiger partial charge in [0.1, 0.15) is 21.6 Å². The summed E-state index contributed by atoms with van der Waals surface area (Å²) in [5.74, 6) is 1.80. The highest BCUT2D eigenvalue weighted by molar-refractivity contribution is 8.26. The molecule has 1 aliphatic rings. The van der Waals surface area contributed by atoms with Gasteiger partial charge in [0.2, 0.25) is 0 Å². The van der Waals surface area contributed by atoms with Gasteiger partial charge >= 0.3 is 0 Å². The third kappa shape index (κ3) is 4.99. The van der Waals surface area contributed by atoms with Crippen molar-refractivity contribution in [2.24, 2.45) is 0 Å². The Morgan fingerprint density at radius 2 is 1.90 bits per heavy atom. The maximum atomic E-state index is 12.9. The first-order valence-corrected chi connectivity index (χ1v) is 11.4. The molecule has 0 N–H and O–H groups in total. The van der Waals surface area contributed by atoms with Crippen molar-refractivity contribution < 1.29 is 13.9 Å². The second-order valence-electron chi connectivity index (χ2n) is 6.76. The van der Waals surface area contributed by atoms with Crippen LogP contribution in [0, 0.1) is 0 Å². The van der Waals surface area contributed by atoms with Crippen molar-refractivity contribution in [2.75, 3.05) is 13.7 Å². The molecule has 4 rings (SSSR count). The fraction of sp³-hybridized carbons (Fsp3) is 0.130. The normalized spacial score (nSPS) is 15.2. The van der Waals surface area contributed by atoms with Gasteiger partial charge in [0, 0.05) is 23.2 Å². The highest BCUT2D eigenvalue weighted by atomic mass is 35.5. The van der Waals surface area contributed by atoms with Crippen LogP contribution < -0.4 is 4.74 Å². The summed E-state index contributed by atoms with van der Waals surface area (Å²) in [7, 11) is 1.63. The molecule has 0 bridgehead atoms. The Labute approximate surface area is 199 Å². The second kappa shape index (κ2) is 9.49. The third-order valence-corrected chi connectivity index (χ3v) is 6.69. The van der Waals surface area contributed by atoms with Crippen LogP contribution in [0.4, 0.5) is 0 Å². The molecule has 0 radical (unpaired) electrons. The molecule has 1 saturated heterocycles. The Hall–Kier alpha value is -2.25. The van der Waals surface area contributed by atoms with Gasteiger partial charge in [0.25, 0.3) is 5.91 Å². The van der Waals surface area contributed by atoms with Gasteiger partial charge in [0.15, 0.2) is 0 Å². The fourth-order valence-corrected chi connectivity index (χ4v) is 4.79. The number of methoxy groups -OCH3 is 1. The average molecular weight is 490 g/mol. The average Bonchev–Trinajstić information content (AvgIpc) is 3.33. The number of hydrogen-bond donors (Lipinski definition) is 0. The van der Waals surface area contributed by atoms with Crippen molar-refractivity contribution in [3.8, 4) is 17.1 Å². The number of carbonyl (C=O) groups excluding carboxylic acids is 1. The lowest BCUT2D eigenvalue weighted by Gasteiger charge is -2.14. The number of amides is 1. The summed E-state index contributed by atoms with van der Waals surface area (Å²) in [6, 6.07) is 16.5. The Morgan fingerprint density at radius 3 is 2.65 bits per heavy atom. The Morgan fingerprint density at radius 1 is 1.13 bits per heavy atom. The molecule has 0 atom stereocenters. The molecule has 1 fully saturated rings. The number of thioether (sulfide) groups is 1. The summed E-state index contributed by atoms with van der Waals surface area (Å²) in [5, 5.41) is 1.10. The quantitative estimate of drug-likeness (QED) is 0.284. The van der Waals surface area contributed by atoms with Gasteiger partial charge in [-0.05, 0) is 54.4 Å². The van der Waals surface area contributed by atoms with E-state index in [1.807, 2.05) is 24.3 Å². The largest absolute Gasteiger partial charge is 0.497 e. The molecule has 3 aromatic rings. The number of carbonyl (C=O) groups is 1. The highest BCUT2D eigenvalue weighted by Gasteiger charge is 2.32. The zero-order valence-corrected chi connectivity index (χ0v) is 19.6. The minimum absolute atomic E-state index is 0.123. The van der Waals surface area contributed by atoms with Crippen LogP contribution in [0.2, 0.25) is 10.0 Å². The molecule has 0 unspecified atom stereocenters. The minimum Gasteiger partial charge on any atom is -0.497 e. The summed E-state index contributed by atoms with van der Waals surface area (Å²) >= 11 is 19.0. The molecule has 158 valence electrons. The van der Waals surface area contributed by atoms with E-state index in [0.717, 1.165) is 11.3 Å². The Balaban J connectivity index is 1.47. The van der Waals surface area contributed by atoms with Crippen molar-refractivity contribution in [1.29, 1.82) is 0 Å². The van der Waals surface area contributed by atoms with Crippen LogP contribution in [0.5, 0.6) is 5.75 Å². The predicted molar refractivity (Wildman–Crippen MR) is 131 cm³/mol. The monoisotopic (exact) mass is 489 g/mol. The summed E-state index contributed by atoms with van der Waals surface area (Å²) in [5.41, 5.74) is 1.80. The van der Waals surface area contributed by atoms with Crippen molar-refractivity contribution in [3.05, 3.63) is 80.9 Å². The molecular weight excluding hydrogens is 473 g/mol. The third-order valence-electron chi connectivity index (χ3n) is 4.75. The van der Waals surface area contributed by atoms with Crippen LogP contribution in [0.25, 0.3) is 17.4 Å². The summed E-state index contributed by atoms with van der Waals surface area (Å²) in [6.07, 6.45) is 2.40. The van der Waals surface area contributed by atoms with Gasteiger partial charge in [-0.25, -0.2) is 0 Å². The van der Waals surface area contributed by atoms with Crippen molar-refractivity contribution in [3.63, 3.8) is 0 Å². The molecule has 2 heterocycles. The number of hydrogen-bond acceptors (Lipinski definition) is 5. The van der Waals surface area contributed by atoms with Crippen LogP contribution in [0.15, 0.2) is 63.9 Å². The number of rotatable bonds is 6. The minimum atomic E-state index is -0.123. The van der Waals surface area contributed by atoms with Crippen LogP contribution >= 0.6 is 47.2 Å². The lowest BCUT2D eigenvalue weighted by Crippen LogP contribution is -2.30. The molecule has 4 nitrogen and oxygen atoms in total. The molecule has 2 aromatic carbocycles. The molecule has 31 heavy (non-hydrogen) atoms. The van der Waals surface area contributed by atoms with Crippen LogP contribution in [-0.4, -0.2) is 28.8 Å². The van der Waals surface area contributed by atoms with E-state index in [4.69, 9.17) is 44.6 Å². The van der Waals surface area contributed by atoms with Crippen molar-refractivity contribution in [2.45, 2.75) is 6.42 Å². The van der Waals surface area contributed by atoms with Gasteiger partial charge in [-0.3, -0.25) is 9.69 Å². The number of thiocarbonyl (C=S) groups is 1. The van der Waals surface area contributed by atoms with E-state index in [9.17, 15) is 4.79 Å². The second-order valence-corrected chi connectivity index (χ2v) is 9.28. The first-order chi connectivity index (χ1) is 14.9. The lowest BCUT2D eigenvalue weighted by atomic mass is 10.1. The number of nitrogens with zero attached hydrogens (tertiary/aromatic N) is 1. The van der Waals surface area contributed by atoms with E-state index in [2.05, 4.69) is 0 Å². The van der Waals surface area contributed by atoms with Crippen LogP contribution in [0.1, 0.15) is 11.3 Å². The van der Waals surface area contributed by atoms with Gasteiger partial charge < -0.3 is 9.15 Å². The molecule has 8 heteroatoms. The molecular formula is C23H17Cl2NO3S2. The molecule has 0 saturated carbocycles.